The number of anilines is 1. The summed E-state index contributed by atoms with van der Waals surface area (Å²) >= 11 is 11.5. The van der Waals surface area contributed by atoms with Gasteiger partial charge in [0.25, 0.3) is 0 Å². The van der Waals surface area contributed by atoms with Gasteiger partial charge < -0.3 is 4.90 Å². The number of alkyl halides is 1. The maximum atomic E-state index is 13.6. The predicted molar refractivity (Wildman–Crippen MR) is 64.9 cm³/mol. The van der Waals surface area contributed by atoms with Crippen molar-refractivity contribution in [3.8, 4) is 0 Å². The van der Waals surface area contributed by atoms with Gasteiger partial charge in [-0.05, 0) is 24.8 Å². The minimum Gasteiger partial charge on any atom is -0.354 e. The summed E-state index contributed by atoms with van der Waals surface area (Å²) in [6, 6.07) is 1.30. The van der Waals surface area contributed by atoms with Crippen LogP contribution in [-0.2, 0) is 0 Å². The number of rotatable bonds is 2. The molecule has 1 fully saturated rings. The van der Waals surface area contributed by atoms with Crippen LogP contribution in [0, 0.1) is 11.7 Å². The third-order valence-corrected chi connectivity index (χ3v) is 3.47. The van der Waals surface area contributed by atoms with E-state index in [2.05, 4.69) is 4.98 Å². The molecule has 1 unspecified atom stereocenters. The van der Waals surface area contributed by atoms with Crippen LogP contribution in [0.25, 0.3) is 0 Å². The topological polar surface area (TPSA) is 16.1 Å². The Balaban J connectivity index is 2.16. The van der Waals surface area contributed by atoms with E-state index in [1.165, 1.54) is 12.3 Å². The standard InChI is InChI=1S/C11H13Cl2FN2/c12-5-8-2-1-3-16(7-8)11-10(14)4-9(13)6-15-11/h4,6,8H,1-3,5,7H2. The first-order valence-corrected chi connectivity index (χ1v) is 6.24. The maximum absolute atomic E-state index is 13.6. The molecule has 0 radical (unpaired) electrons. The lowest BCUT2D eigenvalue weighted by atomic mass is 10.0. The van der Waals surface area contributed by atoms with Gasteiger partial charge in [0.15, 0.2) is 11.6 Å². The molecule has 1 saturated heterocycles. The summed E-state index contributed by atoms with van der Waals surface area (Å²) in [5.41, 5.74) is 0. The SMILES string of the molecule is Fc1cc(Cl)cnc1N1CCCC(CCl)C1. The Hall–Kier alpha value is -0.540. The monoisotopic (exact) mass is 262 g/mol. The van der Waals surface area contributed by atoms with E-state index in [4.69, 9.17) is 23.2 Å². The molecule has 2 rings (SSSR count). The normalized spacial score (nSPS) is 21.2. The molecule has 0 spiro atoms. The van der Waals surface area contributed by atoms with Crippen LogP contribution in [0.5, 0.6) is 0 Å². The van der Waals surface area contributed by atoms with Crippen LogP contribution >= 0.6 is 23.2 Å². The Kier molecular flexibility index (Phi) is 3.87. The largest absolute Gasteiger partial charge is 0.354 e. The van der Waals surface area contributed by atoms with Crippen molar-refractivity contribution in [3.05, 3.63) is 23.1 Å². The molecule has 1 aromatic heterocycles. The zero-order chi connectivity index (χ0) is 11.5. The average Bonchev–Trinajstić information content (AvgIpc) is 2.29. The number of nitrogens with zero attached hydrogens (tertiary/aromatic N) is 2. The first kappa shape index (κ1) is 11.9. The fourth-order valence-corrected chi connectivity index (χ4v) is 2.42. The second-order valence-electron chi connectivity index (χ2n) is 4.07. The molecular weight excluding hydrogens is 250 g/mol. The van der Waals surface area contributed by atoms with E-state index in [-0.39, 0.29) is 5.82 Å². The van der Waals surface area contributed by atoms with Crippen LogP contribution in [0.1, 0.15) is 12.8 Å². The predicted octanol–water partition coefficient (Wildman–Crippen LogP) is 3.33. The highest BCUT2D eigenvalue weighted by Crippen LogP contribution is 2.25. The quantitative estimate of drug-likeness (QED) is 0.761. The van der Waals surface area contributed by atoms with E-state index in [9.17, 15) is 4.39 Å². The van der Waals surface area contributed by atoms with Crippen LogP contribution in [0.4, 0.5) is 10.2 Å². The minimum absolute atomic E-state index is 0.326. The lowest BCUT2D eigenvalue weighted by molar-refractivity contribution is 0.443. The van der Waals surface area contributed by atoms with Crippen molar-refractivity contribution in [3.63, 3.8) is 0 Å². The molecule has 1 aliphatic heterocycles. The van der Waals surface area contributed by atoms with Crippen LogP contribution in [-0.4, -0.2) is 24.0 Å². The summed E-state index contributed by atoms with van der Waals surface area (Å²) in [6.07, 6.45) is 3.61. The Morgan fingerprint density at radius 2 is 2.38 bits per heavy atom. The third kappa shape index (κ3) is 2.58. The van der Waals surface area contributed by atoms with Crippen molar-refractivity contribution in [1.29, 1.82) is 0 Å². The highest BCUT2D eigenvalue weighted by molar-refractivity contribution is 6.30. The van der Waals surface area contributed by atoms with Crippen LogP contribution < -0.4 is 4.90 Å². The fraction of sp³-hybridized carbons (Fsp3) is 0.545. The Morgan fingerprint density at radius 3 is 3.06 bits per heavy atom. The second-order valence-corrected chi connectivity index (χ2v) is 4.81. The first-order chi connectivity index (χ1) is 7.70. The second kappa shape index (κ2) is 5.19. The number of halogens is 3. The number of pyridine rings is 1. The molecule has 5 heteroatoms. The fourth-order valence-electron chi connectivity index (χ4n) is 2.02. The number of hydrogen-bond donors (Lipinski definition) is 0. The maximum Gasteiger partial charge on any atom is 0.167 e. The zero-order valence-corrected chi connectivity index (χ0v) is 10.3. The first-order valence-electron chi connectivity index (χ1n) is 5.32. The Bertz CT molecular complexity index is 373. The molecule has 0 N–H and O–H groups in total. The van der Waals surface area contributed by atoms with Gasteiger partial charge in [0.2, 0.25) is 0 Å². The highest BCUT2D eigenvalue weighted by atomic mass is 35.5. The van der Waals surface area contributed by atoms with E-state index in [1.807, 2.05) is 4.90 Å². The van der Waals surface area contributed by atoms with Crippen molar-refractivity contribution < 1.29 is 4.39 Å². The molecule has 2 nitrogen and oxygen atoms in total. The summed E-state index contributed by atoms with van der Waals surface area (Å²) in [6.45, 7) is 1.61. The van der Waals surface area contributed by atoms with E-state index in [1.54, 1.807) is 0 Å². The van der Waals surface area contributed by atoms with E-state index in [0.29, 0.717) is 22.6 Å². The molecule has 0 aliphatic carbocycles. The molecule has 0 aromatic carbocycles. The van der Waals surface area contributed by atoms with Crippen molar-refractivity contribution in [2.75, 3.05) is 23.9 Å². The molecule has 1 aromatic rings. The van der Waals surface area contributed by atoms with Crippen molar-refractivity contribution >= 4 is 29.0 Å². The van der Waals surface area contributed by atoms with Gasteiger partial charge in [-0.15, -0.1) is 11.6 Å². The van der Waals surface area contributed by atoms with Crippen LogP contribution in [0.15, 0.2) is 12.3 Å². The molecule has 1 aliphatic rings. The van der Waals surface area contributed by atoms with E-state index < -0.39 is 0 Å². The molecule has 16 heavy (non-hydrogen) atoms. The van der Waals surface area contributed by atoms with Crippen LogP contribution in [0.3, 0.4) is 0 Å². The van der Waals surface area contributed by atoms with Gasteiger partial charge in [-0.1, -0.05) is 11.6 Å². The minimum atomic E-state index is -0.359. The van der Waals surface area contributed by atoms with Gasteiger partial charge in [-0.25, -0.2) is 9.37 Å². The van der Waals surface area contributed by atoms with Gasteiger partial charge in [0.1, 0.15) is 0 Å². The van der Waals surface area contributed by atoms with Gasteiger partial charge >= 0.3 is 0 Å². The Morgan fingerprint density at radius 1 is 1.56 bits per heavy atom. The molecule has 2 heterocycles. The lowest BCUT2D eigenvalue weighted by Gasteiger charge is -2.32. The van der Waals surface area contributed by atoms with Gasteiger partial charge in [0, 0.05) is 25.2 Å². The molecule has 0 saturated carbocycles. The van der Waals surface area contributed by atoms with Crippen LogP contribution in [0.2, 0.25) is 5.02 Å². The summed E-state index contributed by atoms with van der Waals surface area (Å²) in [4.78, 5) is 5.99. The van der Waals surface area contributed by atoms with Gasteiger partial charge in [-0.2, -0.15) is 0 Å². The third-order valence-electron chi connectivity index (χ3n) is 2.83. The lowest BCUT2D eigenvalue weighted by Crippen LogP contribution is -2.37. The smallest absolute Gasteiger partial charge is 0.167 e. The molecule has 0 bridgehead atoms. The van der Waals surface area contributed by atoms with Gasteiger partial charge in [-0.3, -0.25) is 0 Å². The van der Waals surface area contributed by atoms with Crippen molar-refractivity contribution in [1.82, 2.24) is 4.98 Å². The summed E-state index contributed by atoms with van der Waals surface area (Å²) < 4.78 is 13.6. The van der Waals surface area contributed by atoms with E-state index in [0.717, 1.165) is 25.9 Å². The van der Waals surface area contributed by atoms with E-state index >= 15 is 0 Å². The number of aromatic nitrogens is 1. The van der Waals surface area contributed by atoms with Crippen molar-refractivity contribution in [2.24, 2.45) is 5.92 Å². The highest BCUT2D eigenvalue weighted by Gasteiger charge is 2.22. The summed E-state index contributed by atoms with van der Waals surface area (Å²) in [7, 11) is 0. The molecular formula is C11H13Cl2FN2. The average molecular weight is 263 g/mol. The number of piperidine rings is 1. The Labute approximate surface area is 104 Å². The summed E-state index contributed by atoms with van der Waals surface area (Å²) in [5.74, 6) is 1.07. The number of hydrogen-bond acceptors (Lipinski definition) is 2. The zero-order valence-electron chi connectivity index (χ0n) is 8.80. The molecule has 0 amide bonds. The van der Waals surface area contributed by atoms with Gasteiger partial charge in [0.05, 0.1) is 5.02 Å². The van der Waals surface area contributed by atoms with Crippen molar-refractivity contribution in [2.45, 2.75) is 12.8 Å². The summed E-state index contributed by atoms with van der Waals surface area (Å²) in [5, 5.41) is 0.326. The molecule has 1 atom stereocenters. The molecule has 88 valence electrons.